The molecule has 0 radical (unpaired) electrons. The van der Waals surface area contributed by atoms with Crippen LogP contribution in [0.25, 0.3) is 0 Å². The van der Waals surface area contributed by atoms with Crippen molar-refractivity contribution in [2.75, 3.05) is 107 Å². The molecule has 8 aromatic rings. The summed E-state index contributed by atoms with van der Waals surface area (Å²) in [7, 11) is 6.84. The third-order valence-corrected chi connectivity index (χ3v) is 26.8. The largest absolute Gasteiger partial charge is 0.493 e. The molecule has 4 fully saturated rings. The molecule has 4 aromatic carbocycles. The molecule has 0 bridgehead atoms. The van der Waals surface area contributed by atoms with Crippen LogP contribution in [0.5, 0.6) is 28.7 Å². The molecular weight excluding hydrogens is 1820 g/mol. The molecular formula is C95H113F17N12O12. The van der Waals surface area contributed by atoms with Crippen LogP contribution in [-0.2, 0) is 72.0 Å². The van der Waals surface area contributed by atoms with Gasteiger partial charge in [-0.05, 0) is 221 Å². The average Bonchev–Trinajstić information content (AvgIpc) is 1.52. The Morgan fingerprint density at radius 3 is 1.46 bits per heavy atom. The number of methoxy groups -OCH3 is 2. The number of likely N-dealkylation sites (N-methyl/N-ethyl adjacent to an activating group) is 2. The standard InChI is InChI=1S/C25H32F3N3O3.C24H25F6N3O3.C23H24F5N3O3.C23H28F3N3O3.2H2/c1-16(2)34-18-7-6-17(14-19(18)33-5)22(32)30-12-10-24(11-13-30)20-8-9-21(25(26,27)28)31(20)15-23(3,4)29-24;1-31-12-13-33-18(20(34)24(28,29)30)6-7-19(33)22(31)8-10-32(11-9-22)21(35)17-4-2-16(3-5-17)14-36-15-23(25,26)27;1-14-13-31-16(19(32)23(26,27)28)7-8-18(31)22(29(14)2)9-11-30(12-10-22)20(33)15-5-3-4-6-17(15)34-21(24)25;1-3-14-32-17-5-4-16(15-18(17)31-2)21(30)28-11-8-22(9-12-28)19-6-7-20(23(24,25)26)29(19)13-10-27-22;;/h6-9,14,16,29H,10-13,15H2,1-5H3;2-7H,8-15H2,1H3;3-8,14,21H,9-13H2,1-2H3;4-7,15,27H,3,8-14H2,1-2H3;2*1H/t;;14-;;;/m..0.../s1. The van der Waals surface area contributed by atoms with Gasteiger partial charge in [0.15, 0.2) is 23.0 Å². The van der Waals surface area contributed by atoms with Gasteiger partial charge >= 0.3 is 37.5 Å². The van der Waals surface area contributed by atoms with E-state index in [1.165, 1.54) is 98.1 Å². The van der Waals surface area contributed by atoms with Crippen LogP contribution >= 0.6 is 0 Å². The van der Waals surface area contributed by atoms with E-state index in [0.29, 0.717) is 178 Å². The molecule has 8 aliphatic heterocycles. The summed E-state index contributed by atoms with van der Waals surface area (Å²) >= 11 is 0. The maximum absolute atomic E-state index is 13.6. The van der Waals surface area contributed by atoms with E-state index in [1.54, 1.807) is 81.4 Å². The molecule has 8 aliphatic rings. The van der Waals surface area contributed by atoms with Crippen LogP contribution in [0.3, 0.4) is 0 Å². The van der Waals surface area contributed by atoms with E-state index in [0.717, 1.165) is 12.5 Å². The number of carbonyl (C=O) groups excluding carboxylic acids is 6. The van der Waals surface area contributed by atoms with Crippen LogP contribution in [-0.4, -0.2) is 233 Å². The Labute approximate surface area is 777 Å². The fraction of sp³-hybridized carbons (Fsp3) is 0.516. The van der Waals surface area contributed by atoms with Crippen molar-refractivity contribution in [1.82, 2.24) is 58.3 Å². The summed E-state index contributed by atoms with van der Waals surface area (Å²) in [5.74, 6) is -2.76. The van der Waals surface area contributed by atoms with E-state index in [1.807, 2.05) is 55.6 Å². The van der Waals surface area contributed by atoms with Crippen LogP contribution < -0.4 is 34.3 Å². The van der Waals surface area contributed by atoms with Crippen molar-refractivity contribution < 1.29 is 135 Å². The predicted molar refractivity (Wildman–Crippen MR) is 468 cm³/mol. The lowest BCUT2D eigenvalue weighted by molar-refractivity contribution is -0.176. The molecule has 744 valence electrons. The number of ketones is 2. The molecule has 41 heteroatoms. The molecule has 4 saturated heterocycles. The molecule has 136 heavy (non-hydrogen) atoms. The fourth-order valence-electron chi connectivity index (χ4n) is 20.1. The minimum absolute atomic E-state index is 0. The van der Waals surface area contributed by atoms with Gasteiger partial charge in [0.25, 0.3) is 35.2 Å². The first-order chi connectivity index (χ1) is 63.9. The summed E-state index contributed by atoms with van der Waals surface area (Å²) in [6.07, 6.45) is -18.4. The topological polar surface area (TPSA) is 221 Å². The number of piperidine rings is 4. The molecule has 4 amide bonds. The second-order valence-corrected chi connectivity index (χ2v) is 36.2. The minimum Gasteiger partial charge on any atom is -0.493 e. The van der Waals surface area contributed by atoms with Crippen molar-refractivity contribution in [3.63, 3.8) is 0 Å². The number of nitrogens with zero attached hydrogens (tertiary/aromatic N) is 10. The second-order valence-electron chi connectivity index (χ2n) is 36.2. The van der Waals surface area contributed by atoms with E-state index in [4.69, 9.17) is 18.9 Å². The van der Waals surface area contributed by atoms with Gasteiger partial charge in [0, 0.05) is 146 Å². The number of hydrogen-bond acceptors (Lipinski definition) is 16. The van der Waals surface area contributed by atoms with Crippen molar-refractivity contribution in [1.29, 1.82) is 0 Å². The number of nitrogens with one attached hydrogen (secondary N) is 2. The molecule has 12 heterocycles. The fourth-order valence-corrected chi connectivity index (χ4v) is 20.1. The highest BCUT2D eigenvalue weighted by Gasteiger charge is 2.54. The highest BCUT2D eigenvalue weighted by molar-refractivity contribution is 6.01. The van der Waals surface area contributed by atoms with Crippen molar-refractivity contribution in [2.45, 2.75) is 209 Å². The third kappa shape index (κ3) is 21.7. The van der Waals surface area contributed by atoms with E-state index < -0.39 is 106 Å². The minimum atomic E-state index is -4.97. The molecule has 1 atom stereocenters. The quantitative estimate of drug-likeness (QED) is 0.0602. The van der Waals surface area contributed by atoms with Crippen molar-refractivity contribution in [3.8, 4) is 28.7 Å². The number of benzene rings is 4. The lowest BCUT2D eigenvalue weighted by atomic mass is 9.79. The molecule has 0 aliphatic carbocycles. The number of rotatable bonds is 18. The van der Waals surface area contributed by atoms with Gasteiger partial charge in [0.1, 0.15) is 23.7 Å². The van der Waals surface area contributed by atoms with Crippen molar-refractivity contribution in [3.05, 3.63) is 207 Å². The zero-order valence-electron chi connectivity index (χ0n) is 76.6. The molecule has 24 nitrogen and oxygen atoms in total. The summed E-state index contributed by atoms with van der Waals surface area (Å²) in [5.41, 5.74) is -0.506. The van der Waals surface area contributed by atoms with Gasteiger partial charge < -0.3 is 71.6 Å². The van der Waals surface area contributed by atoms with Gasteiger partial charge in [-0.1, -0.05) is 31.2 Å². The van der Waals surface area contributed by atoms with Crippen LogP contribution in [0.1, 0.15) is 204 Å². The highest BCUT2D eigenvalue weighted by atomic mass is 19.4. The normalized spacial score (nSPS) is 19.0. The van der Waals surface area contributed by atoms with Crippen molar-refractivity contribution >= 4 is 35.2 Å². The molecule has 0 saturated carbocycles. The first-order valence-electron chi connectivity index (χ1n) is 44.7. The predicted octanol–water partition coefficient (Wildman–Crippen LogP) is 18.0. The molecule has 4 aromatic heterocycles. The average molecular weight is 1940 g/mol. The third-order valence-electron chi connectivity index (χ3n) is 26.8. The maximum Gasteiger partial charge on any atom is 0.456 e. The number of para-hydroxylation sites is 1. The number of halogens is 17. The van der Waals surface area contributed by atoms with Gasteiger partial charge in [-0.2, -0.15) is 74.6 Å². The number of hydrogen-bond donors (Lipinski definition) is 2. The van der Waals surface area contributed by atoms with Crippen LogP contribution in [0.2, 0.25) is 0 Å². The highest BCUT2D eigenvalue weighted by Crippen LogP contribution is 2.49. The summed E-state index contributed by atoms with van der Waals surface area (Å²) in [5, 5.41) is 7.05. The smallest absolute Gasteiger partial charge is 0.456 e. The Morgan fingerprint density at radius 2 is 0.941 bits per heavy atom. The Hall–Kier alpha value is -11.2. The lowest BCUT2D eigenvalue weighted by Gasteiger charge is -2.53. The number of fused-ring (bicyclic) bond motifs is 8. The second kappa shape index (κ2) is 40.1. The van der Waals surface area contributed by atoms with Gasteiger partial charge in [0.05, 0.1) is 72.6 Å². The SMILES string of the molecule is CCCOc1ccc(C(=O)N2CCC3(CC2)NCCn2c(C(F)(F)F)ccc23)cc1OC.CN1CCn2c(C(=O)C(F)(F)F)ccc2C12CCN(C(=O)c1ccc(COCC(F)(F)F)cc1)CC2.COc1cc(C(=O)N2CCC3(CC2)NC(C)(C)Cn2c(C(F)(F)F)ccc23)ccc1OC(C)C.C[C@H]1Cn2c(C(=O)C(F)(F)F)ccc2C2(CCN(C(=O)c3ccccc3OC(F)F)CC2)N1C.[HH].[HH]. The van der Waals surface area contributed by atoms with E-state index in [-0.39, 0.29) is 95.6 Å². The summed E-state index contributed by atoms with van der Waals surface area (Å²) in [6, 6.07) is 33.1. The van der Waals surface area contributed by atoms with Crippen LogP contribution in [0.15, 0.2) is 133 Å². The zero-order valence-corrected chi connectivity index (χ0v) is 76.6. The Morgan fingerprint density at radius 1 is 0.478 bits per heavy atom. The number of Topliss-reactive ketones (excluding diaryl/α,β-unsaturated/α-hetero) is 2. The number of likely N-dealkylation sites (tertiary alicyclic amines) is 4. The van der Waals surface area contributed by atoms with Gasteiger partial charge in [-0.3, -0.25) is 43.9 Å². The van der Waals surface area contributed by atoms with Crippen LogP contribution in [0.4, 0.5) is 74.6 Å². The number of carbonyl (C=O) groups is 6. The number of alkyl halides is 17. The number of amides is 4. The Balaban J connectivity index is 0.000000176. The van der Waals surface area contributed by atoms with E-state index in [2.05, 4.69) is 29.9 Å². The van der Waals surface area contributed by atoms with Crippen molar-refractivity contribution in [2.24, 2.45) is 0 Å². The Kier molecular flexibility index (Phi) is 30.1. The lowest BCUT2D eigenvalue weighted by Crippen LogP contribution is -2.63. The monoisotopic (exact) mass is 1940 g/mol. The van der Waals surface area contributed by atoms with Gasteiger partial charge in [0.2, 0.25) is 0 Å². The zero-order chi connectivity index (χ0) is 99.0. The molecule has 2 N–H and O–H groups in total. The summed E-state index contributed by atoms with van der Waals surface area (Å²) in [4.78, 5) is 87.2. The first-order valence-corrected chi connectivity index (χ1v) is 44.7. The Bertz CT molecular complexity index is 5620. The molecule has 0 unspecified atom stereocenters. The first kappa shape index (κ1) is 102. The number of ether oxygens (including phenoxy) is 6. The van der Waals surface area contributed by atoms with Gasteiger partial charge in [-0.25, -0.2) is 0 Å². The van der Waals surface area contributed by atoms with E-state index in [9.17, 15) is 103 Å². The molecule has 4 spiro atoms. The summed E-state index contributed by atoms with van der Waals surface area (Å²) < 4.78 is 259. The van der Waals surface area contributed by atoms with Crippen LogP contribution in [0, 0.1) is 0 Å². The molecule has 16 rings (SSSR count). The summed E-state index contributed by atoms with van der Waals surface area (Å²) in [6.45, 7) is 12.4. The van der Waals surface area contributed by atoms with Gasteiger partial charge in [-0.15, -0.1) is 0 Å². The van der Waals surface area contributed by atoms with E-state index >= 15 is 0 Å². The number of aromatic nitrogens is 4. The maximum atomic E-state index is 13.6.